The zero-order chi connectivity index (χ0) is 19.9. The van der Waals surface area contributed by atoms with Gasteiger partial charge >= 0.3 is 0 Å². The summed E-state index contributed by atoms with van der Waals surface area (Å²) in [5.41, 5.74) is 3.33. The number of ether oxygens (including phenoxy) is 2. The first kappa shape index (κ1) is 18.2. The van der Waals surface area contributed by atoms with E-state index >= 15 is 0 Å². The van der Waals surface area contributed by atoms with Crippen LogP contribution in [0.1, 0.15) is 5.56 Å². The second-order valence-corrected chi connectivity index (χ2v) is 7.84. The fourth-order valence-electron chi connectivity index (χ4n) is 3.18. The van der Waals surface area contributed by atoms with Gasteiger partial charge in [-0.3, -0.25) is 4.98 Å². The number of methoxy groups -OCH3 is 2. The molecule has 0 amide bonds. The number of primary sulfonamides is 1. The molecule has 8 nitrogen and oxygen atoms in total. The van der Waals surface area contributed by atoms with Crippen molar-refractivity contribution in [3.63, 3.8) is 0 Å². The van der Waals surface area contributed by atoms with Gasteiger partial charge in [-0.1, -0.05) is 12.1 Å². The normalized spacial score (nSPS) is 11.8. The van der Waals surface area contributed by atoms with E-state index in [2.05, 4.69) is 9.97 Å². The summed E-state index contributed by atoms with van der Waals surface area (Å²) in [5, 5.41) is 6.04. The van der Waals surface area contributed by atoms with E-state index in [-0.39, 0.29) is 4.90 Å². The molecule has 4 rings (SSSR count). The Kier molecular flexibility index (Phi) is 4.40. The molecule has 9 heteroatoms. The van der Waals surface area contributed by atoms with Crippen molar-refractivity contribution >= 4 is 32.0 Å². The highest BCUT2D eigenvalue weighted by atomic mass is 32.2. The van der Waals surface area contributed by atoms with Crippen molar-refractivity contribution in [3.8, 4) is 11.5 Å². The lowest BCUT2D eigenvalue weighted by atomic mass is 10.1. The first-order chi connectivity index (χ1) is 13.4. The van der Waals surface area contributed by atoms with Gasteiger partial charge in [-0.2, -0.15) is 0 Å². The number of rotatable bonds is 5. The van der Waals surface area contributed by atoms with Gasteiger partial charge in [0.15, 0.2) is 11.5 Å². The van der Waals surface area contributed by atoms with Gasteiger partial charge in [-0.05, 0) is 23.8 Å². The van der Waals surface area contributed by atoms with Gasteiger partial charge in [0.1, 0.15) is 5.52 Å². The molecule has 0 unspecified atom stereocenters. The molecule has 2 aromatic carbocycles. The number of fused-ring (bicyclic) bond motifs is 3. The topological polar surface area (TPSA) is 109 Å². The maximum atomic E-state index is 11.4. The zero-order valence-electron chi connectivity index (χ0n) is 15.3. The summed E-state index contributed by atoms with van der Waals surface area (Å²) >= 11 is 0. The number of aromatic nitrogens is 3. The maximum Gasteiger partial charge on any atom is 0.238 e. The summed E-state index contributed by atoms with van der Waals surface area (Å²) in [7, 11) is -0.547. The smallest absolute Gasteiger partial charge is 0.238 e. The fraction of sp³-hybridized carbons (Fsp3) is 0.158. The quantitative estimate of drug-likeness (QED) is 0.552. The van der Waals surface area contributed by atoms with Crippen LogP contribution in [0, 0.1) is 0 Å². The first-order valence-electron chi connectivity index (χ1n) is 8.38. The number of pyridine rings is 1. The minimum absolute atomic E-state index is 0.0817. The zero-order valence-corrected chi connectivity index (χ0v) is 16.1. The van der Waals surface area contributed by atoms with Gasteiger partial charge in [0.2, 0.25) is 10.0 Å². The Morgan fingerprint density at radius 3 is 2.32 bits per heavy atom. The Morgan fingerprint density at radius 1 is 1.00 bits per heavy atom. The molecule has 0 atom stereocenters. The number of nitrogens with zero attached hydrogens (tertiary/aromatic N) is 3. The Balaban J connectivity index is 1.82. The maximum absolute atomic E-state index is 11.4. The van der Waals surface area contributed by atoms with Crippen LogP contribution in [-0.4, -0.2) is 37.2 Å². The molecule has 0 bridgehead atoms. The minimum Gasteiger partial charge on any atom is -0.493 e. The van der Waals surface area contributed by atoms with Gasteiger partial charge in [-0.25, -0.2) is 18.5 Å². The predicted octanol–water partition coefficient (Wildman–Crippen LogP) is 2.30. The largest absolute Gasteiger partial charge is 0.493 e. The Morgan fingerprint density at radius 2 is 1.68 bits per heavy atom. The summed E-state index contributed by atoms with van der Waals surface area (Å²) in [6, 6.07) is 10.2. The molecule has 0 aliphatic heterocycles. The Bertz CT molecular complexity index is 1280. The van der Waals surface area contributed by atoms with E-state index in [0.717, 1.165) is 27.5 Å². The molecule has 0 aliphatic carbocycles. The second-order valence-electron chi connectivity index (χ2n) is 6.28. The van der Waals surface area contributed by atoms with E-state index in [4.69, 9.17) is 14.6 Å². The predicted molar refractivity (Wildman–Crippen MR) is 105 cm³/mol. The van der Waals surface area contributed by atoms with Gasteiger partial charge in [0.05, 0.1) is 42.7 Å². The van der Waals surface area contributed by atoms with Crippen LogP contribution in [0.15, 0.2) is 53.8 Å². The first-order valence-corrected chi connectivity index (χ1v) is 9.92. The van der Waals surface area contributed by atoms with Crippen molar-refractivity contribution in [1.82, 2.24) is 14.5 Å². The van der Waals surface area contributed by atoms with Crippen LogP contribution in [0.5, 0.6) is 11.5 Å². The molecule has 0 saturated heterocycles. The molecule has 0 fully saturated rings. The summed E-state index contributed by atoms with van der Waals surface area (Å²) in [4.78, 5) is 8.97. The average Bonchev–Trinajstić information content (AvgIpc) is 3.09. The SMILES string of the molecule is COc1cc2ncc3ncn(Cc4ccc(S(N)(=O)=O)cc4)c3c2cc1OC. The molecular formula is C19H18N4O4S. The summed E-state index contributed by atoms with van der Waals surface area (Å²) in [6.45, 7) is 0.509. The van der Waals surface area contributed by atoms with E-state index in [9.17, 15) is 8.42 Å². The van der Waals surface area contributed by atoms with Gasteiger partial charge in [0, 0.05) is 18.0 Å². The van der Waals surface area contributed by atoms with Gasteiger partial charge in [-0.15, -0.1) is 0 Å². The van der Waals surface area contributed by atoms with Crippen molar-refractivity contribution in [3.05, 3.63) is 54.5 Å². The highest BCUT2D eigenvalue weighted by Crippen LogP contribution is 2.34. The third-order valence-corrected chi connectivity index (χ3v) is 5.48. The lowest BCUT2D eigenvalue weighted by molar-refractivity contribution is 0.356. The molecule has 2 aromatic heterocycles. The van der Waals surface area contributed by atoms with E-state index < -0.39 is 10.0 Å². The van der Waals surface area contributed by atoms with Crippen LogP contribution in [0.2, 0.25) is 0 Å². The average molecular weight is 398 g/mol. The van der Waals surface area contributed by atoms with E-state index in [1.807, 2.05) is 16.7 Å². The third-order valence-electron chi connectivity index (χ3n) is 4.55. The number of sulfonamides is 1. The van der Waals surface area contributed by atoms with Crippen molar-refractivity contribution < 1.29 is 17.9 Å². The summed E-state index contributed by atoms with van der Waals surface area (Å²) < 4.78 is 35.6. The number of hydrogen-bond donors (Lipinski definition) is 1. The second kappa shape index (κ2) is 6.77. The Hall–Kier alpha value is -3.17. The van der Waals surface area contributed by atoms with Gasteiger partial charge < -0.3 is 14.0 Å². The molecule has 4 aromatic rings. The molecule has 2 heterocycles. The highest BCUT2D eigenvalue weighted by Gasteiger charge is 2.14. The Labute approximate surface area is 161 Å². The highest BCUT2D eigenvalue weighted by molar-refractivity contribution is 7.89. The lowest BCUT2D eigenvalue weighted by Crippen LogP contribution is -2.12. The number of nitrogens with two attached hydrogens (primary N) is 1. The monoisotopic (exact) mass is 398 g/mol. The fourth-order valence-corrected chi connectivity index (χ4v) is 3.70. The van der Waals surface area contributed by atoms with E-state index in [0.29, 0.717) is 18.0 Å². The molecule has 28 heavy (non-hydrogen) atoms. The molecular weight excluding hydrogens is 380 g/mol. The molecule has 0 radical (unpaired) electrons. The molecule has 2 N–H and O–H groups in total. The molecule has 0 spiro atoms. The standard InChI is InChI=1S/C19H18N4O4S/c1-26-17-7-14-15(8-18(17)27-2)21-9-16-19(14)23(11-22-16)10-12-3-5-13(6-4-12)28(20,24)25/h3-9,11H,10H2,1-2H3,(H2,20,24,25). The van der Waals surface area contributed by atoms with E-state index in [1.54, 1.807) is 38.9 Å². The van der Waals surface area contributed by atoms with Gasteiger partial charge in [0.25, 0.3) is 0 Å². The van der Waals surface area contributed by atoms with Crippen LogP contribution in [0.25, 0.3) is 21.9 Å². The van der Waals surface area contributed by atoms with Crippen LogP contribution >= 0.6 is 0 Å². The number of benzene rings is 2. The third kappa shape index (κ3) is 3.14. The van der Waals surface area contributed by atoms with Crippen molar-refractivity contribution in [2.24, 2.45) is 5.14 Å². The summed E-state index contributed by atoms with van der Waals surface area (Å²) in [6.07, 6.45) is 3.44. The van der Waals surface area contributed by atoms with Crippen molar-refractivity contribution in [2.75, 3.05) is 14.2 Å². The van der Waals surface area contributed by atoms with Crippen LogP contribution in [0.4, 0.5) is 0 Å². The van der Waals surface area contributed by atoms with Crippen LogP contribution in [0.3, 0.4) is 0 Å². The number of imidazole rings is 1. The summed E-state index contributed by atoms with van der Waals surface area (Å²) in [5.74, 6) is 1.21. The van der Waals surface area contributed by atoms with Crippen LogP contribution in [-0.2, 0) is 16.6 Å². The molecule has 0 aliphatic rings. The van der Waals surface area contributed by atoms with Crippen molar-refractivity contribution in [2.45, 2.75) is 11.4 Å². The van der Waals surface area contributed by atoms with Crippen LogP contribution < -0.4 is 14.6 Å². The lowest BCUT2D eigenvalue weighted by Gasteiger charge is -2.11. The van der Waals surface area contributed by atoms with E-state index in [1.165, 1.54) is 12.1 Å². The molecule has 0 saturated carbocycles. The number of hydrogen-bond acceptors (Lipinski definition) is 6. The van der Waals surface area contributed by atoms with Crippen molar-refractivity contribution in [1.29, 1.82) is 0 Å². The minimum atomic E-state index is -3.71. The molecule has 144 valence electrons.